The summed E-state index contributed by atoms with van der Waals surface area (Å²) < 4.78 is 6.91. The Bertz CT molecular complexity index is 528. The van der Waals surface area contributed by atoms with Crippen LogP contribution in [0.2, 0.25) is 0 Å². The smallest absolute Gasteiger partial charge is 0.269 e. The van der Waals surface area contributed by atoms with Crippen LogP contribution in [0, 0.1) is 12.3 Å². The molecule has 0 atom stereocenters. The zero-order valence-corrected chi connectivity index (χ0v) is 10.7. The minimum Gasteiger partial charge on any atom is -0.372 e. The molecule has 18 heavy (non-hydrogen) atoms. The van der Waals surface area contributed by atoms with Crippen molar-refractivity contribution in [2.45, 2.75) is 26.0 Å². The van der Waals surface area contributed by atoms with Crippen molar-refractivity contribution in [3.05, 3.63) is 22.6 Å². The summed E-state index contributed by atoms with van der Waals surface area (Å²) in [6, 6.07) is 1.58. The molecular weight excluding hydrogens is 230 g/mol. The number of terminal acetylenes is 1. The summed E-state index contributed by atoms with van der Waals surface area (Å²) in [5.41, 5.74) is 0.450. The van der Waals surface area contributed by atoms with Gasteiger partial charge in [0.15, 0.2) is 0 Å². The van der Waals surface area contributed by atoms with Crippen molar-refractivity contribution in [3.63, 3.8) is 0 Å². The van der Waals surface area contributed by atoms with E-state index in [0.29, 0.717) is 6.61 Å². The van der Waals surface area contributed by atoms with Gasteiger partial charge in [-0.15, -0.1) is 6.42 Å². The van der Waals surface area contributed by atoms with Crippen molar-refractivity contribution in [2.24, 2.45) is 0 Å². The Labute approximate surface area is 106 Å². The first-order chi connectivity index (χ1) is 8.52. The van der Waals surface area contributed by atoms with Crippen LogP contribution in [0.25, 0.3) is 0 Å². The monoisotopic (exact) mass is 247 g/mol. The lowest BCUT2D eigenvalue weighted by Gasteiger charge is -2.39. The van der Waals surface area contributed by atoms with Crippen molar-refractivity contribution in [1.82, 2.24) is 9.78 Å². The van der Waals surface area contributed by atoms with Gasteiger partial charge in [0.1, 0.15) is 6.54 Å². The van der Waals surface area contributed by atoms with E-state index in [0.717, 1.165) is 18.8 Å². The topological polar surface area (TPSA) is 47.4 Å². The first-order valence-electron chi connectivity index (χ1n) is 5.91. The fraction of sp³-hybridized carbons (Fsp3) is 0.538. The summed E-state index contributed by atoms with van der Waals surface area (Å²) in [6.07, 6.45) is 6.85. The van der Waals surface area contributed by atoms with Gasteiger partial charge in [0.25, 0.3) is 5.56 Å². The third-order valence-corrected chi connectivity index (χ3v) is 2.89. The van der Waals surface area contributed by atoms with Crippen LogP contribution in [0.15, 0.2) is 17.1 Å². The highest BCUT2D eigenvalue weighted by Crippen LogP contribution is 2.21. The predicted molar refractivity (Wildman–Crippen MR) is 69.6 cm³/mol. The van der Waals surface area contributed by atoms with Gasteiger partial charge in [-0.3, -0.25) is 4.79 Å². The van der Waals surface area contributed by atoms with Gasteiger partial charge in [-0.2, -0.15) is 5.10 Å². The van der Waals surface area contributed by atoms with E-state index in [9.17, 15) is 4.79 Å². The van der Waals surface area contributed by atoms with Crippen molar-refractivity contribution < 1.29 is 4.74 Å². The molecule has 2 rings (SSSR count). The van der Waals surface area contributed by atoms with Crippen LogP contribution in [0.1, 0.15) is 13.8 Å². The summed E-state index contributed by atoms with van der Waals surface area (Å²) >= 11 is 0. The molecule has 0 N–H and O–H groups in total. The molecule has 0 aliphatic carbocycles. The molecule has 0 spiro atoms. The Morgan fingerprint density at radius 2 is 2.39 bits per heavy atom. The minimum atomic E-state index is -0.202. The van der Waals surface area contributed by atoms with Gasteiger partial charge in [0.05, 0.1) is 24.1 Å². The molecule has 0 aromatic carbocycles. The third kappa shape index (κ3) is 2.71. The van der Waals surface area contributed by atoms with E-state index in [1.165, 1.54) is 4.68 Å². The lowest BCUT2D eigenvalue weighted by atomic mass is 10.1. The second-order valence-electron chi connectivity index (χ2n) is 4.94. The Hall–Kier alpha value is -1.80. The lowest BCUT2D eigenvalue weighted by molar-refractivity contribution is -0.0277. The molecule has 0 saturated carbocycles. The summed E-state index contributed by atoms with van der Waals surface area (Å²) in [5.74, 6) is 2.40. The molecule has 0 amide bonds. The average Bonchev–Trinajstić information content (AvgIpc) is 2.30. The Kier molecular flexibility index (Phi) is 3.39. The molecule has 0 radical (unpaired) electrons. The summed E-state index contributed by atoms with van der Waals surface area (Å²) in [4.78, 5) is 13.9. The second kappa shape index (κ2) is 4.83. The number of nitrogens with zero attached hydrogens (tertiary/aromatic N) is 3. The van der Waals surface area contributed by atoms with Crippen LogP contribution in [0.4, 0.5) is 5.69 Å². The van der Waals surface area contributed by atoms with Gasteiger partial charge in [-0.1, -0.05) is 5.92 Å². The quantitative estimate of drug-likeness (QED) is 0.714. The molecule has 1 aliphatic rings. The molecule has 1 aromatic rings. The largest absolute Gasteiger partial charge is 0.372 e. The molecule has 1 aromatic heterocycles. The number of ether oxygens (including phenoxy) is 1. The van der Waals surface area contributed by atoms with Crippen LogP contribution in [0.5, 0.6) is 0 Å². The molecule has 0 unspecified atom stereocenters. The first-order valence-corrected chi connectivity index (χ1v) is 5.91. The standard InChI is InChI=1S/C13H17N3O2/c1-4-5-16-12(17)8-11(9-14-16)15-6-7-18-13(2,3)10-15/h1,8-9H,5-7,10H2,2-3H3. The summed E-state index contributed by atoms with van der Waals surface area (Å²) in [7, 11) is 0. The van der Waals surface area contributed by atoms with Gasteiger partial charge in [0.2, 0.25) is 0 Å². The van der Waals surface area contributed by atoms with Gasteiger partial charge in [-0.05, 0) is 13.8 Å². The summed E-state index contributed by atoms with van der Waals surface area (Å²) in [5, 5.41) is 4.07. The second-order valence-corrected chi connectivity index (χ2v) is 4.94. The molecular formula is C13H17N3O2. The number of aromatic nitrogens is 2. The highest BCUT2D eigenvalue weighted by atomic mass is 16.5. The third-order valence-electron chi connectivity index (χ3n) is 2.89. The summed E-state index contributed by atoms with van der Waals surface area (Å²) in [6.45, 7) is 6.43. The molecule has 1 aliphatic heterocycles. The SMILES string of the molecule is C#CCn1ncc(N2CCOC(C)(C)C2)cc1=O. The number of morpholine rings is 1. The van der Waals surface area contributed by atoms with Crippen LogP contribution in [-0.4, -0.2) is 35.1 Å². The predicted octanol–water partition coefficient (Wildman–Crippen LogP) is 0.492. The van der Waals surface area contributed by atoms with Gasteiger partial charge in [0, 0.05) is 19.2 Å². The zero-order valence-electron chi connectivity index (χ0n) is 10.7. The molecule has 1 saturated heterocycles. The Morgan fingerprint density at radius 3 is 3.00 bits per heavy atom. The van der Waals surface area contributed by atoms with Gasteiger partial charge < -0.3 is 9.64 Å². The van der Waals surface area contributed by atoms with Crippen molar-refractivity contribution >= 4 is 5.69 Å². The van der Waals surface area contributed by atoms with Crippen LogP contribution >= 0.6 is 0 Å². The van der Waals surface area contributed by atoms with Crippen LogP contribution in [-0.2, 0) is 11.3 Å². The maximum Gasteiger partial charge on any atom is 0.269 e. The van der Waals surface area contributed by atoms with E-state index in [-0.39, 0.29) is 17.7 Å². The number of hydrogen-bond donors (Lipinski definition) is 0. The first kappa shape index (κ1) is 12.7. The van der Waals surface area contributed by atoms with E-state index >= 15 is 0 Å². The van der Waals surface area contributed by atoms with E-state index in [2.05, 4.69) is 15.9 Å². The number of rotatable bonds is 2. The van der Waals surface area contributed by atoms with E-state index in [1.807, 2.05) is 13.8 Å². The normalized spacial score (nSPS) is 18.4. The zero-order chi connectivity index (χ0) is 13.2. The Balaban J connectivity index is 2.22. The van der Waals surface area contributed by atoms with Crippen LogP contribution in [0.3, 0.4) is 0 Å². The number of hydrogen-bond acceptors (Lipinski definition) is 4. The Morgan fingerprint density at radius 1 is 1.61 bits per heavy atom. The molecule has 1 fully saturated rings. The molecule has 0 bridgehead atoms. The van der Waals surface area contributed by atoms with Crippen LogP contribution < -0.4 is 10.5 Å². The molecule has 2 heterocycles. The number of anilines is 1. The molecule has 96 valence electrons. The fourth-order valence-corrected chi connectivity index (χ4v) is 2.04. The van der Waals surface area contributed by atoms with Gasteiger partial charge >= 0.3 is 0 Å². The van der Waals surface area contributed by atoms with E-state index < -0.39 is 0 Å². The van der Waals surface area contributed by atoms with E-state index in [1.54, 1.807) is 12.3 Å². The highest BCUT2D eigenvalue weighted by molar-refractivity contribution is 5.43. The molecule has 5 nitrogen and oxygen atoms in total. The average molecular weight is 247 g/mol. The van der Waals surface area contributed by atoms with E-state index in [4.69, 9.17) is 11.2 Å². The molecule has 5 heteroatoms. The highest BCUT2D eigenvalue weighted by Gasteiger charge is 2.27. The maximum atomic E-state index is 11.8. The minimum absolute atomic E-state index is 0.172. The maximum absolute atomic E-state index is 11.8. The lowest BCUT2D eigenvalue weighted by Crippen LogP contribution is -2.48. The van der Waals surface area contributed by atoms with Crippen molar-refractivity contribution in [2.75, 3.05) is 24.6 Å². The fourth-order valence-electron chi connectivity index (χ4n) is 2.04. The van der Waals surface area contributed by atoms with Gasteiger partial charge in [-0.25, -0.2) is 4.68 Å². The van der Waals surface area contributed by atoms with Crippen molar-refractivity contribution in [3.8, 4) is 12.3 Å². The van der Waals surface area contributed by atoms with Crippen molar-refractivity contribution in [1.29, 1.82) is 0 Å².